The fourth-order valence-electron chi connectivity index (χ4n) is 3.56. The molecule has 0 aliphatic carbocycles. The summed E-state index contributed by atoms with van der Waals surface area (Å²) in [6, 6.07) is 11.9. The van der Waals surface area contributed by atoms with Crippen molar-refractivity contribution in [2.45, 2.75) is 26.7 Å². The molecule has 0 aliphatic rings. The van der Waals surface area contributed by atoms with Gasteiger partial charge in [-0.25, -0.2) is 4.79 Å². The Morgan fingerprint density at radius 1 is 1.04 bits per heavy atom. The van der Waals surface area contributed by atoms with Crippen LogP contribution in [0.1, 0.15) is 23.1 Å². The van der Waals surface area contributed by atoms with Gasteiger partial charge in [0.05, 0.1) is 6.26 Å². The molecule has 2 aromatic heterocycles. The van der Waals surface area contributed by atoms with E-state index in [0.717, 1.165) is 33.0 Å². The van der Waals surface area contributed by atoms with Gasteiger partial charge in [-0.15, -0.1) is 0 Å². The summed E-state index contributed by atoms with van der Waals surface area (Å²) >= 11 is 0. The summed E-state index contributed by atoms with van der Waals surface area (Å²) in [7, 11) is 0. The van der Waals surface area contributed by atoms with Gasteiger partial charge in [-0.3, -0.25) is 4.79 Å². The van der Waals surface area contributed by atoms with Crippen LogP contribution in [0.3, 0.4) is 0 Å². The molecule has 0 aliphatic heterocycles. The molecule has 5 heteroatoms. The highest BCUT2D eigenvalue weighted by Gasteiger charge is 2.19. The molecule has 2 aromatic carbocycles. The molecule has 0 fully saturated rings. The molecular weight excluding hydrogens is 344 g/mol. The molecule has 0 atom stereocenters. The quantitative estimate of drug-likeness (QED) is 0.525. The Balaban J connectivity index is 2.00. The van der Waals surface area contributed by atoms with Crippen molar-refractivity contribution in [3.8, 4) is 11.1 Å². The molecule has 0 spiro atoms. The Bertz CT molecular complexity index is 1230. The second kappa shape index (κ2) is 6.43. The van der Waals surface area contributed by atoms with E-state index in [4.69, 9.17) is 13.9 Å². The van der Waals surface area contributed by atoms with Gasteiger partial charge in [-0.2, -0.15) is 0 Å². The van der Waals surface area contributed by atoms with Crippen molar-refractivity contribution in [2.75, 3.05) is 0 Å². The first kappa shape index (κ1) is 17.1. The van der Waals surface area contributed by atoms with Crippen LogP contribution >= 0.6 is 0 Å². The number of fused-ring (bicyclic) bond motifs is 2. The van der Waals surface area contributed by atoms with E-state index in [0.29, 0.717) is 16.7 Å². The predicted molar refractivity (Wildman–Crippen MR) is 103 cm³/mol. The number of furan rings is 1. The number of carboxylic acids is 1. The molecule has 0 radical (unpaired) electrons. The standard InChI is InChI=1S/C22H18O5/c1-12-15(8-9-19(23)24)22(25)27-21-13(2)20-17(10-16(12)21)18(11-26-20)14-6-4-3-5-7-14/h3-7,10-11H,8-9H2,1-2H3,(H,23,24). The third-order valence-corrected chi connectivity index (χ3v) is 5.02. The summed E-state index contributed by atoms with van der Waals surface area (Å²) < 4.78 is 11.3. The van der Waals surface area contributed by atoms with Crippen molar-refractivity contribution in [3.63, 3.8) is 0 Å². The van der Waals surface area contributed by atoms with Crippen LogP contribution in [0.2, 0.25) is 0 Å². The highest BCUT2D eigenvalue weighted by atomic mass is 16.4. The maximum absolute atomic E-state index is 12.4. The topological polar surface area (TPSA) is 80.6 Å². The Labute approximate surface area is 154 Å². The van der Waals surface area contributed by atoms with Crippen molar-refractivity contribution < 1.29 is 18.7 Å². The Morgan fingerprint density at radius 3 is 2.48 bits per heavy atom. The third kappa shape index (κ3) is 2.81. The molecule has 5 nitrogen and oxygen atoms in total. The molecule has 1 N–H and O–H groups in total. The number of benzene rings is 2. The van der Waals surface area contributed by atoms with Crippen LogP contribution < -0.4 is 5.63 Å². The van der Waals surface area contributed by atoms with Crippen molar-refractivity contribution in [1.29, 1.82) is 0 Å². The van der Waals surface area contributed by atoms with Gasteiger partial charge >= 0.3 is 11.6 Å². The van der Waals surface area contributed by atoms with E-state index in [1.54, 1.807) is 6.26 Å². The maximum atomic E-state index is 12.4. The second-order valence-electron chi connectivity index (χ2n) is 6.66. The van der Waals surface area contributed by atoms with Crippen molar-refractivity contribution >= 4 is 27.9 Å². The predicted octanol–water partition coefficient (Wildman–Crippen LogP) is 4.84. The number of aliphatic carboxylic acids is 1. The highest BCUT2D eigenvalue weighted by molar-refractivity contribution is 6.04. The minimum atomic E-state index is -0.943. The zero-order chi connectivity index (χ0) is 19.1. The zero-order valence-electron chi connectivity index (χ0n) is 15.0. The summed E-state index contributed by atoms with van der Waals surface area (Å²) in [5.41, 5.74) is 4.61. The normalized spacial score (nSPS) is 11.3. The van der Waals surface area contributed by atoms with Gasteiger partial charge in [0.1, 0.15) is 11.2 Å². The van der Waals surface area contributed by atoms with Gasteiger partial charge in [0.25, 0.3) is 0 Å². The summed E-state index contributed by atoms with van der Waals surface area (Å²) in [4.78, 5) is 23.3. The van der Waals surface area contributed by atoms with E-state index in [-0.39, 0.29) is 12.8 Å². The lowest BCUT2D eigenvalue weighted by atomic mass is 9.97. The summed E-state index contributed by atoms with van der Waals surface area (Å²) in [5, 5.41) is 10.7. The van der Waals surface area contributed by atoms with Crippen LogP contribution in [0.4, 0.5) is 0 Å². The van der Waals surface area contributed by atoms with Crippen molar-refractivity contribution in [2.24, 2.45) is 0 Å². The van der Waals surface area contributed by atoms with Gasteiger partial charge in [-0.05, 0) is 37.5 Å². The minimum Gasteiger partial charge on any atom is -0.481 e. The van der Waals surface area contributed by atoms with Crippen LogP contribution in [-0.2, 0) is 11.2 Å². The average molecular weight is 362 g/mol. The van der Waals surface area contributed by atoms with Gasteiger partial charge < -0.3 is 13.9 Å². The molecular formula is C22H18O5. The summed E-state index contributed by atoms with van der Waals surface area (Å²) in [6.07, 6.45) is 1.75. The lowest BCUT2D eigenvalue weighted by Crippen LogP contribution is -2.12. The second-order valence-corrected chi connectivity index (χ2v) is 6.66. The summed E-state index contributed by atoms with van der Waals surface area (Å²) in [6.45, 7) is 3.70. The molecule has 0 saturated heterocycles. The van der Waals surface area contributed by atoms with E-state index in [1.807, 2.05) is 50.2 Å². The molecule has 0 unspecified atom stereocenters. The molecule has 0 amide bonds. The van der Waals surface area contributed by atoms with Gasteiger partial charge in [0.2, 0.25) is 0 Å². The lowest BCUT2D eigenvalue weighted by Gasteiger charge is -2.09. The number of hydrogen-bond acceptors (Lipinski definition) is 4. The van der Waals surface area contributed by atoms with Gasteiger partial charge in [-0.1, -0.05) is 30.3 Å². The van der Waals surface area contributed by atoms with E-state index >= 15 is 0 Å². The van der Waals surface area contributed by atoms with E-state index in [9.17, 15) is 9.59 Å². The van der Waals surface area contributed by atoms with E-state index in [2.05, 4.69) is 0 Å². The number of aryl methyl sites for hydroxylation is 2. The van der Waals surface area contributed by atoms with Crippen LogP contribution in [0, 0.1) is 13.8 Å². The first-order valence-corrected chi connectivity index (χ1v) is 8.71. The fraction of sp³-hybridized carbons (Fsp3) is 0.182. The lowest BCUT2D eigenvalue weighted by molar-refractivity contribution is -0.136. The molecule has 4 rings (SSSR count). The number of hydrogen-bond donors (Lipinski definition) is 1. The average Bonchev–Trinajstić information content (AvgIpc) is 3.07. The Hall–Kier alpha value is -3.34. The largest absolute Gasteiger partial charge is 0.481 e. The number of carboxylic acid groups (broad SMARTS) is 1. The van der Waals surface area contributed by atoms with Crippen LogP contribution in [0.25, 0.3) is 33.1 Å². The van der Waals surface area contributed by atoms with Crippen molar-refractivity contribution in [1.82, 2.24) is 0 Å². The first-order valence-electron chi connectivity index (χ1n) is 8.71. The smallest absolute Gasteiger partial charge is 0.339 e. The van der Waals surface area contributed by atoms with Crippen LogP contribution in [-0.4, -0.2) is 11.1 Å². The van der Waals surface area contributed by atoms with E-state index in [1.165, 1.54) is 0 Å². The SMILES string of the molecule is Cc1c(CCC(=O)O)c(=O)oc2c(C)c3occ(-c4ccccc4)c3cc12. The summed E-state index contributed by atoms with van der Waals surface area (Å²) in [5.74, 6) is -0.943. The van der Waals surface area contributed by atoms with E-state index < -0.39 is 11.6 Å². The molecule has 27 heavy (non-hydrogen) atoms. The Kier molecular flexibility index (Phi) is 4.07. The fourth-order valence-corrected chi connectivity index (χ4v) is 3.56. The molecule has 2 heterocycles. The first-order chi connectivity index (χ1) is 13.0. The maximum Gasteiger partial charge on any atom is 0.339 e. The number of carbonyl (C=O) groups is 1. The Morgan fingerprint density at radius 2 is 1.78 bits per heavy atom. The zero-order valence-corrected chi connectivity index (χ0v) is 15.0. The van der Waals surface area contributed by atoms with Crippen molar-refractivity contribution in [3.05, 3.63) is 69.8 Å². The highest BCUT2D eigenvalue weighted by Crippen LogP contribution is 2.37. The van der Waals surface area contributed by atoms with Crippen LogP contribution in [0.15, 0.2) is 56.3 Å². The number of rotatable bonds is 4. The molecule has 136 valence electrons. The molecule has 4 aromatic rings. The third-order valence-electron chi connectivity index (χ3n) is 5.02. The molecule has 0 saturated carbocycles. The van der Waals surface area contributed by atoms with Crippen LogP contribution in [0.5, 0.6) is 0 Å². The monoisotopic (exact) mass is 362 g/mol. The molecule has 0 bridgehead atoms. The minimum absolute atomic E-state index is 0.112. The van der Waals surface area contributed by atoms with Gasteiger partial charge in [0.15, 0.2) is 0 Å². The van der Waals surface area contributed by atoms with Gasteiger partial charge in [0, 0.05) is 33.9 Å².